The minimum atomic E-state index is -0.0138. The number of nitrogens with zero attached hydrogens (tertiary/aromatic N) is 1. The molecule has 0 unspecified atom stereocenters. The molecule has 2 heteroatoms. The number of hydrogen-bond donors (Lipinski definition) is 0. The highest BCUT2D eigenvalue weighted by molar-refractivity contribution is 5.95. The summed E-state index contributed by atoms with van der Waals surface area (Å²) in [6, 6.07) is 0. The van der Waals surface area contributed by atoms with Crippen molar-refractivity contribution in [1.29, 1.82) is 0 Å². The van der Waals surface area contributed by atoms with Gasteiger partial charge in [0, 0.05) is 5.57 Å². The fourth-order valence-electron chi connectivity index (χ4n) is 2.08. The van der Waals surface area contributed by atoms with E-state index in [0.717, 1.165) is 18.9 Å². The average Bonchev–Trinajstić information content (AvgIpc) is 2.47. The van der Waals surface area contributed by atoms with Crippen LogP contribution in [0.15, 0.2) is 16.1 Å². The third-order valence-electron chi connectivity index (χ3n) is 2.97. The molecule has 0 aromatic carbocycles. The Balaban J connectivity index is 2.23. The molecular formula is C12H19NO. The maximum atomic E-state index is 5.67. The molecule has 1 heterocycles. The van der Waals surface area contributed by atoms with Gasteiger partial charge in [0.1, 0.15) is 6.61 Å². The van der Waals surface area contributed by atoms with E-state index >= 15 is 0 Å². The molecule has 14 heavy (non-hydrogen) atoms. The van der Waals surface area contributed by atoms with Crippen molar-refractivity contribution in [2.45, 2.75) is 52.0 Å². The molecule has 0 radical (unpaired) electrons. The first-order valence-corrected chi connectivity index (χ1v) is 5.50. The van der Waals surface area contributed by atoms with Crippen LogP contribution in [0.1, 0.15) is 46.5 Å². The van der Waals surface area contributed by atoms with Crippen molar-refractivity contribution in [3.05, 3.63) is 11.1 Å². The van der Waals surface area contributed by atoms with Gasteiger partial charge < -0.3 is 4.74 Å². The second-order valence-corrected chi connectivity index (χ2v) is 4.98. The summed E-state index contributed by atoms with van der Waals surface area (Å²) in [5.74, 6) is 0.923. The third-order valence-corrected chi connectivity index (χ3v) is 2.97. The molecule has 1 aliphatic carbocycles. The predicted molar refractivity (Wildman–Crippen MR) is 58.6 cm³/mol. The van der Waals surface area contributed by atoms with Crippen molar-refractivity contribution in [2.24, 2.45) is 4.99 Å². The summed E-state index contributed by atoms with van der Waals surface area (Å²) < 4.78 is 5.67. The first-order valence-electron chi connectivity index (χ1n) is 5.50. The van der Waals surface area contributed by atoms with Crippen LogP contribution in [0.25, 0.3) is 0 Å². The zero-order chi connectivity index (χ0) is 10.2. The lowest BCUT2D eigenvalue weighted by atomic mass is 9.92. The number of allylic oxidation sites excluding steroid dienone is 1. The summed E-state index contributed by atoms with van der Waals surface area (Å²) in [4.78, 5) is 4.63. The monoisotopic (exact) mass is 193 g/mol. The molecule has 0 saturated heterocycles. The molecular weight excluding hydrogens is 174 g/mol. The highest BCUT2D eigenvalue weighted by Crippen LogP contribution is 2.29. The van der Waals surface area contributed by atoms with Gasteiger partial charge in [-0.25, -0.2) is 4.99 Å². The highest BCUT2D eigenvalue weighted by Gasteiger charge is 2.29. The van der Waals surface area contributed by atoms with Gasteiger partial charge in [0.05, 0.1) is 5.54 Å². The van der Waals surface area contributed by atoms with E-state index in [9.17, 15) is 0 Å². The lowest BCUT2D eigenvalue weighted by Gasteiger charge is -2.16. The predicted octanol–water partition coefficient (Wildman–Crippen LogP) is 3.08. The molecule has 0 spiro atoms. The smallest absolute Gasteiger partial charge is 0.212 e. The Morgan fingerprint density at radius 1 is 1.21 bits per heavy atom. The van der Waals surface area contributed by atoms with Gasteiger partial charge in [-0.2, -0.15) is 0 Å². The summed E-state index contributed by atoms with van der Waals surface area (Å²) >= 11 is 0. The maximum Gasteiger partial charge on any atom is 0.212 e. The number of aliphatic imine (C=N–C) groups is 1. The largest absolute Gasteiger partial charge is 0.475 e. The van der Waals surface area contributed by atoms with E-state index in [2.05, 4.69) is 25.8 Å². The number of ether oxygens (including phenoxy) is 1. The van der Waals surface area contributed by atoms with Crippen molar-refractivity contribution in [3.63, 3.8) is 0 Å². The lowest BCUT2D eigenvalue weighted by molar-refractivity contribution is 0.278. The normalized spacial score (nSPS) is 26.1. The van der Waals surface area contributed by atoms with Crippen molar-refractivity contribution < 1.29 is 4.74 Å². The molecule has 0 N–H and O–H groups in total. The van der Waals surface area contributed by atoms with Crippen molar-refractivity contribution in [1.82, 2.24) is 0 Å². The van der Waals surface area contributed by atoms with Gasteiger partial charge in [0.25, 0.3) is 0 Å². The van der Waals surface area contributed by atoms with E-state index < -0.39 is 0 Å². The van der Waals surface area contributed by atoms with Crippen LogP contribution in [0.3, 0.4) is 0 Å². The van der Waals surface area contributed by atoms with Gasteiger partial charge >= 0.3 is 0 Å². The minimum absolute atomic E-state index is 0.0138. The summed E-state index contributed by atoms with van der Waals surface area (Å²) in [5.41, 5.74) is 2.84. The Bertz CT molecular complexity index is 299. The molecule has 0 fully saturated rings. The molecule has 0 aromatic heterocycles. The van der Waals surface area contributed by atoms with Gasteiger partial charge in [-0.3, -0.25) is 0 Å². The summed E-state index contributed by atoms with van der Waals surface area (Å²) in [6.45, 7) is 7.20. The Kier molecular flexibility index (Phi) is 2.38. The van der Waals surface area contributed by atoms with E-state index in [1.807, 2.05) is 0 Å². The average molecular weight is 193 g/mol. The zero-order valence-corrected chi connectivity index (χ0v) is 9.39. The molecule has 2 nitrogen and oxygen atoms in total. The van der Waals surface area contributed by atoms with Crippen LogP contribution in [0.2, 0.25) is 0 Å². The molecule has 0 saturated carbocycles. The fraction of sp³-hybridized carbons (Fsp3) is 0.750. The zero-order valence-electron chi connectivity index (χ0n) is 9.39. The first kappa shape index (κ1) is 9.75. The van der Waals surface area contributed by atoms with Crippen LogP contribution >= 0.6 is 0 Å². The Morgan fingerprint density at radius 3 is 2.50 bits per heavy atom. The maximum absolute atomic E-state index is 5.67. The minimum Gasteiger partial charge on any atom is -0.475 e. The van der Waals surface area contributed by atoms with Gasteiger partial charge in [-0.1, -0.05) is 5.57 Å². The first-order chi connectivity index (χ1) is 6.58. The van der Waals surface area contributed by atoms with Crippen LogP contribution in [0.5, 0.6) is 0 Å². The second-order valence-electron chi connectivity index (χ2n) is 4.98. The fourth-order valence-corrected chi connectivity index (χ4v) is 2.08. The molecule has 2 rings (SSSR count). The van der Waals surface area contributed by atoms with E-state index in [0.29, 0.717) is 0 Å². The van der Waals surface area contributed by atoms with Crippen molar-refractivity contribution in [2.75, 3.05) is 6.61 Å². The molecule has 2 aliphatic rings. The van der Waals surface area contributed by atoms with E-state index in [1.165, 1.54) is 30.4 Å². The summed E-state index contributed by atoms with van der Waals surface area (Å²) in [6.07, 6.45) is 4.99. The molecule has 0 aromatic rings. The quantitative estimate of drug-likeness (QED) is 0.627. The number of hydrogen-bond acceptors (Lipinski definition) is 2. The van der Waals surface area contributed by atoms with E-state index in [4.69, 9.17) is 4.74 Å². The van der Waals surface area contributed by atoms with E-state index in [1.54, 1.807) is 0 Å². The SMILES string of the molecule is CC1=C(C2=NC(C)(C)CO2)CCCC1. The van der Waals surface area contributed by atoms with Crippen LogP contribution in [-0.2, 0) is 4.74 Å². The molecule has 0 atom stereocenters. The van der Waals surface area contributed by atoms with Gasteiger partial charge in [-0.05, 0) is 46.5 Å². The van der Waals surface area contributed by atoms with Gasteiger partial charge in [0.2, 0.25) is 5.90 Å². The molecule has 1 aliphatic heterocycles. The van der Waals surface area contributed by atoms with Gasteiger partial charge in [-0.15, -0.1) is 0 Å². The topological polar surface area (TPSA) is 21.6 Å². The van der Waals surface area contributed by atoms with Gasteiger partial charge in [0.15, 0.2) is 0 Å². The second kappa shape index (κ2) is 3.41. The number of rotatable bonds is 1. The Morgan fingerprint density at radius 2 is 1.93 bits per heavy atom. The Hall–Kier alpha value is -0.790. The van der Waals surface area contributed by atoms with Crippen molar-refractivity contribution >= 4 is 5.90 Å². The highest BCUT2D eigenvalue weighted by atomic mass is 16.5. The summed E-state index contributed by atoms with van der Waals surface area (Å²) in [7, 11) is 0. The van der Waals surface area contributed by atoms with Crippen LogP contribution in [0, 0.1) is 0 Å². The van der Waals surface area contributed by atoms with Crippen LogP contribution in [0.4, 0.5) is 0 Å². The lowest BCUT2D eigenvalue weighted by Crippen LogP contribution is -2.17. The molecule has 0 bridgehead atoms. The standard InChI is InChI=1S/C12H19NO/c1-9-6-4-5-7-10(9)11-13-12(2,3)8-14-11/h4-8H2,1-3H3. The molecule has 78 valence electrons. The van der Waals surface area contributed by atoms with Crippen LogP contribution < -0.4 is 0 Å². The van der Waals surface area contributed by atoms with Crippen molar-refractivity contribution in [3.8, 4) is 0 Å². The molecule has 0 amide bonds. The summed E-state index contributed by atoms with van der Waals surface area (Å²) in [5, 5.41) is 0. The third kappa shape index (κ3) is 1.84. The van der Waals surface area contributed by atoms with E-state index in [-0.39, 0.29) is 5.54 Å². The Labute approximate surface area is 86.1 Å². The van der Waals surface area contributed by atoms with Crippen LogP contribution in [-0.4, -0.2) is 18.0 Å².